The first-order valence-electron chi connectivity index (χ1n) is 9.24. The third kappa shape index (κ3) is 5.74. The number of rotatable bonds is 10. The number of aliphatic carboxylic acids is 1. The van der Waals surface area contributed by atoms with Crippen molar-refractivity contribution in [2.75, 3.05) is 27.3 Å². The first kappa shape index (κ1) is 21.3. The standard InChI is InChI=1S/C22H27NO5/c1-16-19(27-2)14-18(15-20(16)28-3)22(26)23(13-11-21(24)25)12-7-10-17-8-5-4-6-9-17/h4-6,8-9,14-15H,7,10-13H2,1-3H3,(H,24,25). The molecule has 0 saturated heterocycles. The first-order valence-corrected chi connectivity index (χ1v) is 9.24. The number of methoxy groups -OCH3 is 2. The Bertz CT molecular complexity index is 779. The first-order chi connectivity index (χ1) is 13.5. The van der Waals surface area contributed by atoms with Gasteiger partial charge in [-0.3, -0.25) is 9.59 Å². The van der Waals surface area contributed by atoms with Gasteiger partial charge in [0.25, 0.3) is 5.91 Å². The van der Waals surface area contributed by atoms with E-state index in [1.807, 2.05) is 37.3 Å². The van der Waals surface area contributed by atoms with Gasteiger partial charge in [0.2, 0.25) is 0 Å². The summed E-state index contributed by atoms with van der Waals surface area (Å²) in [6.07, 6.45) is 1.46. The quantitative estimate of drug-likeness (QED) is 0.677. The van der Waals surface area contributed by atoms with Crippen molar-refractivity contribution in [3.63, 3.8) is 0 Å². The lowest BCUT2D eigenvalue weighted by molar-refractivity contribution is -0.137. The molecule has 0 atom stereocenters. The van der Waals surface area contributed by atoms with E-state index in [2.05, 4.69) is 0 Å². The predicted octanol–water partition coefficient (Wildman–Crippen LogP) is 3.56. The van der Waals surface area contributed by atoms with Gasteiger partial charge in [0.05, 0.1) is 20.6 Å². The summed E-state index contributed by atoms with van der Waals surface area (Å²) in [4.78, 5) is 25.7. The van der Waals surface area contributed by atoms with E-state index in [4.69, 9.17) is 14.6 Å². The molecule has 0 fully saturated rings. The number of carboxylic acids is 1. The largest absolute Gasteiger partial charge is 0.496 e. The molecule has 0 heterocycles. The molecule has 1 N–H and O–H groups in total. The molecule has 150 valence electrons. The van der Waals surface area contributed by atoms with Gasteiger partial charge in [0, 0.05) is 24.2 Å². The zero-order chi connectivity index (χ0) is 20.5. The highest BCUT2D eigenvalue weighted by Crippen LogP contribution is 2.30. The average Bonchev–Trinajstić information content (AvgIpc) is 2.70. The van der Waals surface area contributed by atoms with Gasteiger partial charge in [0.15, 0.2) is 0 Å². The highest BCUT2D eigenvalue weighted by molar-refractivity contribution is 5.95. The molecule has 0 saturated carbocycles. The molecule has 6 heteroatoms. The van der Waals surface area contributed by atoms with Crippen LogP contribution in [0.15, 0.2) is 42.5 Å². The predicted molar refractivity (Wildman–Crippen MR) is 107 cm³/mol. The van der Waals surface area contributed by atoms with E-state index < -0.39 is 5.97 Å². The Morgan fingerprint density at radius 1 is 1.00 bits per heavy atom. The van der Waals surface area contributed by atoms with Crippen LogP contribution in [0, 0.1) is 6.92 Å². The lowest BCUT2D eigenvalue weighted by atomic mass is 10.1. The number of benzene rings is 2. The summed E-state index contributed by atoms with van der Waals surface area (Å²) in [5.74, 6) is -0.0406. The van der Waals surface area contributed by atoms with E-state index in [9.17, 15) is 9.59 Å². The van der Waals surface area contributed by atoms with E-state index in [1.54, 1.807) is 17.0 Å². The van der Waals surface area contributed by atoms with Gasteiger partial charge < -0.3 is 19.5 Å². The number of carboxylic acid groups (broad SMARTS) is 1. The van der Waals surface area contributed by atoms with Crippen LogP contribution >= 0.6 is 0 Å². The lowest BCUT2D eigenvalue weighted by Crippen LogP contribution is -2.34. The number of amides is 1. The van der Waals surface area contributed by atoms with Crippen molar-refractivity contribution in [1.29, 1.82) is 0 Å². The normalized spacial score (nSPS) is 10.4. The van der Waals surface area contributed by atoms with Crippen molar-refractivity contribution >= 4 is 11.9 Å². The number of nitrogens with zero attached hydrogens (tertiary/aromatic N) is 1. The summed E-state index contributed by atoms with van der Waals surface area (Å²) in [6.45, 7) is 2.48. The van der Waals surface area contributed by atoms with Gasteiger partial charge in [-0.25, -0.2) is 0 Å². The molecule has 6 nitrogen and oxygen atoms in total. The topological polar surface area (TPSA) is 76.1 Å². The number of aryl methyl sites for hydroxylation is 1. The maximum Gasteiger partial charge on any atom is 0.305 e. The van der Waals surface area contributed by atoms with Crippen LogP contribution in [-0.4, -0.2) is 49.2 Å². The van der Waals surface area contributed by atoms with Crippen molar-refractivity contribution in [3.8, 4) is 11.5 Å². The van der Waals surface area contributed by atoms with Crippen LogP contribution in [0.2, 0.25) is 0 Å². The summed E-state index contributed by atoms with van der Waals surface area (Å²) in [5.41, 5.74) is 2.42. The van der Waals surface area contributed by atoms with Crippen molar-refractivity contribution < 1.29 is 24.2 Å². The lowest BCUT2D eigenvalue weighted by Gasteiger charge is -2.23. The number of hydrogen-bond acceptors (Lipinski definition) is 4. The monoisotopic (exact) mass is 385 g/mol. The molecule has 0 aliphatic rings. The zero-order valence-electron chi connectivity index (χ0n) is 16.6. The molecule has 2 aromatic rings. The second-order valence-electron chi connectivity index (χ2n) is 6.53. The maximum atomic E-state index is 13.1. The smallest absolute Gasteiger partial charge is 0.305 e. The van der Waals surface area contributed by atoms with Crippen molar-refractivity contribution in [2.24, 2.45) is 0 Å². The Morgan fingerprint density at radius 2 is 1.61 bits per heavy atom. The maximum absolute atomic E-state index is 13.1. The molecule has 0 radical (unpaired) electrons. The second kappa shape index (κ2) is 10.3. The molecule has 0 aliphatic carbocycles. The Labute approximate surface area is 165 Å². The molecule has 28 heavy (non-hydrogen) atoms. The molecule has 0 aliphatic heterocycles. The molecule has 0 unspecified atom stereocenters. The van der Waals surface area contributed by atoms with Crippen LogP contribution in [0.25, 0.3) is 0 Å². The highest BCUT2D eigenvalue weighted by atomic mass is 16.5. The van der Waals surface area contributed by atoms with E-state index >= 15 is 0 Å². The molecular weight excluding hydrogens is 358 g/mol. The minimum atomic E-state index is -0.931. The third-order valence-corrected chi connectivity index (χ3v) is 4.62. The minimum absolute atomic E-state index is 0.1000. The van der Waals surface area contributed by atoms with Crippen LogP contribution in [-0.2, 0) is 11.2 Å². The van der Waals surface area contributed by atoms with Crippen LogP contribution in [0.1, 0.15) is 34.3 Å². The van der Waals surface area contributed by atoms with Gasteiger partial charge >= 0.3 is 5.97 Å². The fourth-order valence-electron chi connectivity index (χ4n) is 3.06. The van der Waals surface area contributed by atoms with Crippen molar-refractivity contribution in [1.82, 2.24) is 4.90 Å². The molecular formula is C22H27NO5. The number of ether oxygens (including phenoxy) is 2. The molecule has 2 rings (SSSR count). The van der Waals surface area contributed by atoms with Crippen LogP contribution in [0.3, 0.4) is 0 Å². The van der Waals surface area contributed by atoms with E-state index in [0.29, 0.717) is 23.6 Å². The summed E-state index contributed by atoms with van der Waals surface area (Å²) >= 11 is 0. The number of carbonyl (C=O) groups excluding carboxylic acids is 1. The van der Waals surface area contributed by atoms with Gasteiger partial charge in [-0.05, 0) is 37.5 Å². The molecule has 0 bridgehead atoms. The number of carbonyl (C=O) groups is 2. The summed E-state index contributed by atoms with van der Waals surface area (Å²) < 4.78 is 10.7. The Hall–Kier alpha value is -3.02. The van der Waals surface area contributed by atoms with Gasteiger partial charge in [-0.2, -0.15) is 0 Å². The van der Waals surface area contributed by atoms with Crippen LogP contribution in [0.4, 0.5) is 0 Å². The Kier molecular flexibility index (Phi) is 7.87. The molecule has 2 aromatic carbocycles. The average molecular weight is 385 g/mol. The van der Waals surface area contributed by atoms with Crippen LogP contribution < -0.4 is 9.47 Å². The zero-order valence-corrected chi connectivity index (χ0v) is 16.6. The molecule has 0 aromatic heterocycles. The fraction of sp³-hybridized carbons (Fsp3) is 0.364. The Balaban J connectivity index is 2.17. The summed E-state index contributed by atoms with van der Waals surface area (Å²) in [7, 11) is 3.08. The number of hydrogen-bond donors (Lipinski definition) is 1. The Morgan fingerprint density at radius 3 is 2.14 bits per heavy atom. The van der Waals surface area contributed by atoms with E-state index in [-0.39, 0.29) is 18.9 Å². The second-order valence-corrected chi connectivity index (χ2v) is 6.53. The molecule has 0 spiro atoms. The third-order valence-electron chi connectivity index (χ3n) is 4.62. The van der Waals surface area contributed by atoms with E-state index in [1.165, 1.54) is 19.8 Å². The summed E-state index contributed by atoms with van der Waals surface area (Å²) in [5, 5.41) is 9.04. The molecule has 1 amide bonds. The van der Waals surface area contributed by atoms with Crippen molar-refractivity contribution in [2.45, 2.75) is 26.2 Å². The highest BCUT2D eigenvalue weighted by Gasteiger charge is 2.20. The van der Waals surface area contributed by atoms with Crippen LogP contribution in [0.5, 0.6) is 11.5 Å². The van der Waals surface area contributed by atoms with Gasteiger partial charge in [-0.1, -0.05) is 30.3 Å². The van der Waals surface area contributed by atoms with Gasteiger partial charge in [0.1, 0.15) is 11.5 Å². The summed E-state index contributed by atoms with van der Waals surface area (Å²) in [6, 6.07) is 13.3. The van der Waals surface area contributed by atoms with Crippen molar-refractivity contribution in [3.05, 3.63) is 59.2 Å². The minimum Gasteiger partial charge on any atom is -0.496 e. The van der Waals surface area contributed by atoms with Gasteiger partial charge in [-0.15, -0.1) is 0 Å². The fourth-order valence-corrected chi connectivity index (χ4v) is 3.06. The SMILES string of the molecule is COc1cc(C(=O)N(CCCc2ccccc2)CCC(=O)O)cc(OC)c1C. The van der Waals surface area contributed by atoms with E-state index in [0.717, 1.165) is 18.4 Å².